The third kappa shape index (κ3) is 2.54. The van der Waals surface area contributed by atoms with Crippen LogP contribution in [0.1, 0.15) is 61.3 Å². The first-order chi connectivity index (χ1) is 15.5. The van der Waals surface area contributed by atoms with Gasteiger partial charge in [0.1, 0.15) is 12.2 Å². The standard InChI is InChI=1S/C27H34O7/c1-13-21(31)27(34-23(13,3)4)14(2)26(7,32)25(6)20(30)12-17-16(22(25)33-27)11-19(29)18-10-15(28)8-9-24(17,18)5/h10-14,21-22,31-32H,8-9H2,1-7H3/t13-,14-,21+,22?,24?,25-,26-,27+/m0/s1. The van der Waals surface area contributed by atoms with Gasteiger partial charge in [0.15, 0.2) is 17.3 Å². The Kier molecular flexibility index (Phi) is 4.64. The molecule has 7 nitrogen and oxygen atoms in total. The van der Waals surface area contributed by atoms with E-state index >= 15 is 0 Å². The van der Waals surface area contributed by atoms with Crippen molar-refractivity contribution in [3.63, 3.8) is 0 Å². The fraction of sp³-hybridized carbons (Fsp3) is 0.667. The second kappa shape index (κ2) is 6.64. The lowest BCUT2D eigenvalue weighted by molar-refractivity contribution is -0.381. The van der Waals surface area contributed by atoms with Gasteiger partial charge in [0.25, 0.3) is 0 Å². The number of allylic oxidation sites excluding steroid dienone is 4. The van der Waals surface area contributed by atoms with E-state index in [-0.39, 0.29) is 29.7 Å². The van der Waals surface area contributed by atoms with E-state index in [1.807, 2.05) is 27.7 Å². The summed E-state index contributed by atoms with van der Waals surface area (Å²) in [7, 11) is 0. The maximum absolute atomic E-state index is 13.8. The molecule has 0 saturated carbocycles. The number of aliphatic hydroxyl groups is 2. The van der Waals surface area contributed by atoms with Crippen molar-refractivity contribution in [2.75, 3.05) is 0 Å². The van der Waals surface area contributed by atoms with Crippen LogP contribution in [0.2, 0.25) is 0 Å². The fourth-order valence-corrected chi connectivity index (χ4v) is 6.87. The van der Waals surface area contributed by atoms with Crippen molar-refractivity contribution in [1.29, 1.82) is 0 Å². The molecule has 8 atom stereocenters. The zero-order valence-electron chi connectivity index (χ0n) is 20.9. The van der Waals surface area contributed by atoms with Gasteiger partial charge in [-0.25, -0.2) is 0 Å². The number of carbonyl (C=O) groups excluding carboxylic acids is 3. The monoisotopic (exact) mass is 470 g/mol. The van der Waals surface area contributed by atoms with E-state index in [9.17, 15) is 24.6 Å². The molecular formula is C27H34O7. The average Bonchev–Trinajstić information content (AvgIpc) is 2.92. The quantitative estimate of drug-likeness (QED) is 0.560. The molecule has 0 aromatic rings. The molecule has 2 N–H and O–H groups in total. The molecule has 0 radical (unpaired) electrons. The Labute approximate surface area is 199 Å². The minimum Gasteiger partial charge on any atom is -0.389 e. The van der Waals surface area contributed by atoms with Gasteiger partial charge in [-0.15, -0.1) is 0 Å². The summed E-state index contributed by atoms with van der Waals surface area (Å²) in [6.07, 6.45) is 2.97. The van der Waals surface area contributed by atoms with E-state index in [0.717, 1.165) is 0 Å². The number of fused-ring (bicyclic) bond motifs is 5. The molecule has 34 heavy (non-hydrogen) atoms. The summed E-state index contributed by atoms with van der Waals surface area (Å²) < 4.78 is 13.0. The van der Waals surface area contributed by atoms with E-state index in [4.69, 9.17) is 9.47 Å². The lowest BCUT2D eigenvalue weighted by Crippen LogP contribution is -2.74. The van der Waals surface area contributed by atoms with Crippen molar-refractivity contribution in [3.05, 3.63) is 34.9 Å². The molecule has 0 bridgehead atoms. The number of ketones is 3. The Morgan fingerprint density at radius 3 is 2.21 bits per heavy atom. The summed E-state index contributed by atoms with van der Waals surface area (Å²) in [6.45, 7) is 12.5. The van der Waals surface area contributed by atoms with Gasteiger partial charge in [-0.05, 0) is 63.5 Å². The zero-order chi connectivity index (χ0) is 25.2. The van der Waals surface area contributed by atoms with E-state index in [0.29, 0.717) is 23.1 Å². The normalized spacial score (nSPS) is 49.7. The van der Waals surface area contributed by atoms with Gasteiger partial charge in [0.05, 0.1) is 16.6 Å². The summed E-state index contributed by atoms with van der Waals surface area (Å²) in [5.41, 5.74) is -3.04. The number of ether oxygens (including phenoxy) is 2. The van der Waals surface area contributed by atoms with E-state index in [1.54, 1.807) is 20.8 Å². The van der Waals surface area contributed by atoms with Gasteiger partial charge in [0.2, 0.25) is 5.79 Å². The van der Waals surface area contributed by atoms with Crippen LogP contribution in [-0.2, 0) is 23.9 Å². The number of carbonyl (C=O) groups is 3. The van der Waals surface area contributed by atoms with Crippen LogP contribution in [0, 0.1) is 22.7 Å². The molecule has 2 unspecified atom stereocenters. The van der Waals surface area contributed by atoms with E-state index < -0.39 is 45.9 Å². The maximum Gasteiger partial charge on any atom is 0.201 e. The summed E-state index contributed by atoms with van der Waals surface area (Å²) >= 11 is 0. The topological polar surface area (TPSA) is 110 Å². The minimum absolute atomic E-state index is 0.103. The molecule has 2 heterocycles. The van der Waals surface area contributed by atoms with Crippen molar-refractivity contribution in [2.45, 2.75) is 90.5 Å². The van der Waals surface area contributed by atoms with Crippen LogP contribution in [0.25, 0.3) is 0 Å². The molecule has 5 rings (SSSR count). The molecule has 184 valence electrons. The Morgan fingerprint density at radius 2 is 1.62 bits per heavy atom. The van der Waals surface area contributed by atoms with Crippen LogP contribution in [0.3, 0.4) is 0 Å². The molecule has 5 aliphatic rings. The molecule has 7 heteroatoms. The summed E-state index contributed by atoms with van der Waals surface area (Å²) in [5, 5.41) is 23.3. The SMILES string of the molecule is C[C@@H]1[C@@]2(OC3C4=CC(=O)C5=CC(=O)CCC5(C)C4=CC(=O)[C@]3(C)[C@@]1(C)O)OC(C)(C)[C@@H](C)[C@H]2O. The molecule has 0 amide bonds. The lowest BCUT2D eigenvalue weighted by atomic mass is 9.51. The first-order valence-electron chi connectivity index (χ1n) is 12.1. The third-order valence-electron chi connectivity index (χ3n) is 10.0. The van der Waals surface area contributed by atoms with Crippen molar-refractivity contribution in [1.82, 2.24) is 0 Å². The molecule has 0 aromatic heterocycles. The van der Waals surface area contributed by atoms with Crippen molar-refractivity contribution >= 4 is 17.3 Å². The zero-order valence-corrected chi connectivity index (χ0v) is 20.9. The highest BCUT2D eigenvalue weighted by Crippen LogP contribution is 2.63. The average molecular weight is 471 g/mol. The smallest absolute Gasteiger partial charge is 0.201 e. The highest BCUT2D eigenvalue weighted by molar-refractivity contribution is 6.14. The number of hydrogen-bond acceptors (Lipinski definition) is 7. The highest BCUT2D eigenvalue weighted by Gasteiger charge is 2.74. The van der Waals surface area contributed by atoms with Crippen LogP contribution in [0.5, 0.6) is 0 Å². The van der Waals surface area contributed by atoms with E-state index in [2.05, 4.69) is 0 Å². The van der Waals surface area contributed by atoms with Crippen LogP contribution >= 0.6 is 0 Å². The Morgan fingerprint density at radius 1 is 0.971 bits per heavy atom. The predicted molar refractivity (Wildman–Crippen MR) is 122 cm³/mol. The fourth-order valence-electron chi connectivity index (χ4n) is 6.87. The van der Waals surface area contributed by atoms with Crippen molar-refractivity contribution < 1.29 is 34.1 Å². The van der Waals surface area contributed by atoms with Gasteiger partial charge in [-0.1, -0.05) is 20.8 Å². The van der Waals surface area contributed by atoms with Crippen molar-refractivity contribution in [2.24, 2.45) is 22.7 Å². The second-order valence-corrected chi connectivity index (χ2v) is 12.0. The maximum atomic E-state index is 13.8. The highest BCUT2D eigenvalue weighted by atomic mass is 16.7. The van der Waals surface area contributed by atoms with Crippen LogP contribution in [-0.4, -0.2) is 56.8 Å². The van der Waals surface area contributed by atoms with E-state index in [1.165, 1.54) is 18.2 Å². The van der Waals surface area contributed by atoms with Crippen molar-refractivity contribution in [3.8, 4) is 0 Å². The lowest BCUT2D eigenvalue weighted by Gasteiger charge is -2.62. The van der Waals surface area contributed by atoms with Gasteiger partial charge in [-0.3, -0.25) is 14.4 Å². The number of rotatable bonds is 0. The van der Waals surface area contributed by atoms with Gasteiger partial charge < -0.3 is 19.7 Å². The van der Waals surface area contributed by atoms with Gasteiger partial charge in [0, 0.05) is 29.2 Å². The molecule has 2 aliphatic heterocycles. The first kappa shape index (κ1) is 23.8. The summed E-state index contributed by atoms with van der Waals surface area (Å²) in [6, 6.07) is 0. The minimum atomic E-state index is -1.63. The molecule has 2 fully saturated rings. The summed E-state index contributed by atoms with van der Waals surface area (Å²) in [5.74, 6) is -3.32. The molecule has 1 spiro atoms. The number of aliphatic hydroxyl groups excluding tert-OH is 1. The molecule has 0 aromatic carbocycles. The third-order valence-corrected chi connectivity index (χ3v) is 10.0. The Bertz CT molecular complexity index is 1120. The first-order valence-corrected chi connectivity index (χ1v) is 12.1. The largest absolute Gasteiger partial charge is 0.389 e. The predicted octanol–water partition coefficient (Wildman–Crippen LogP) is 2.59. The Hall–Kier alpha value is -1.93. The molecule has 2 saturated heterocycles. The number of hydrogen-bond donors (Lipinski definition) is 2. The molecular weight excluding hydrogens is 436 g/mol. The Balaban J connectivity index is 1.74. The van der Waals surface area contributed by atoms with Crippen LogP contribution < -0.4 is 0 Å². The van der Waals surface area contributed by atoms with Crippen LogP contribution in [0.4, 0.5) is 0 Å². The van der Waals surface area contributed by atoms with Gasteiger partial charge >= 0.3 is 0 Å². The van der Waals surface area contributed by atoms with Gasteiger partial charge in [-0.2, -0.15) is 0 Å². The molecule has 3 aliphatic carbocycles. The second-order valence-electron chi connectivity index (χ2n) is 12.0. The van der Waals surface area contributed by atoms with Crippen LogP contribution in [0.15, 0.2) is 34.9 Å². The summed E-state index contributed by atoms with van der Waals surface area (Å²) in [4.78, 5) is 39.1.